The molecule has 0 spiro atoms. The van der Waals surface area contributed by atoms with Crippen molar-refractivity contribution in [3.63, 3.8) is 0 Å². The lowest BCUT2D eigenvalue weighted by Crippen LogP contribution is -2.34. The summed E-state index contributed by atoms with van der Waals surface area (Å²) in [6, 6.07) is 1.40. The van der Waals surface area contributed by atoms with Crippen LogP contribution < -0.4 is 5.14 Å². The number of pyridine rings is 1. The average molecular weight is 305 g/mol. The molecule has 1 aromatic rings. The van der Waals surface area contributed by atoms with Gasteiger partial charge in [0.2, 0.25) is 0 Å². The van der Waals surface area contributed by atoms with Gasteiger partial charge in [-0.2, -0.15) is 0 Å². The number of aromatic nitrogens is 1. The highest BCUT2D eigenvalue weighted by atomic mass is 35.5. The summed E-state index contributed by atoms with van der Waals surface area (Å²) in [5, 5.41) is 5.50. The summed E-state index contributed by atoms with van der Waals surface area (Å²) in [5.74, 6) is -0.784. The molecule has 19 heavy (non-hydrogen) atoms. The first-order chi connectivity index (χ1) is 8.79. The van der Waals surface area contributed by atoms with Crippen LogP contribution in [-0.2, 0) is 11.0 Å². The predicted molar refractivity (Wildman–Crippen MR) is 77.8 cm³/mol. The molecule has 2 N–H and O–H groups in total. The van der Waals surface area contributed by atoms with Crippen LogP contribution in [0, 0.1) is 5.82 Å². The van der Waals surface area contributed by atoms with E-state index in [1.165, 1.54) is 12.3 Å². The van der Waals surface area contributed by atoms with E-state index in [1.54, 1.807) is 19.9 Å². The fraction of sp³-hybridized carbons (Fsp3) is 0.462. The van der Waals surface area contributed by atoms with E-state index in [-0.39, 0.29) is 16.6 Å². The van der Waals surface area contributed by atoms with E-state index in [0.717, 1.165) is 0 Å². The van der Waals surface area contributed by atoms with E-state index in [0.29, 0.717) is 12.8 Å². The maximum Gasteiger partial charge on any atom is 0.163 e. The second-order valence-electron chi connectivity index (χ2n) is 4.97. The molecule has 0 saturated carbocycles. The number of allylic oxidation sites excluding steroid dienone is 1. The van der Waals surface area contributed by atoms with Crippen molar-refractivity contribution in [2.45, 2.75) is 37.4 Å². The molecule has 106 valence electrons. The van der Waals surface area contributed by atoms with Gasteiger partial charge in [0.05, 0.1) is 26.4 Å². The highest BCUT2D eigenvalue weighted by molar-refractivity contribution is 7.84. The lowest BCUT2D eigenvalue weighted by Gasteiger charge is -2.26. The third kappa shape index (κ3) is 4.09. The fourth-order valence-electron chi connectivity index (χ4n) is 1.89. The molecule has 0 fully saturated rings. The number of hydrogen-bond donors (Lipinski definition) is 1. The van der Waals surface area contributed by atoms with Crippen LogP contribution in [0.15, 0.2) is 24.9 Å². The van der Waals surface area contributed by atoms with Crippen molar-refractivity contribution in [3.05, 3.63) is 41.5 Å². The minimum atomic E-state index is -1.50. The van der Waals surface area contributed by atoms with Crippen LogP contribution in [0.4, 0.5) is 4.39 Å². The van der Waals surface area contributed by atoms with Gasteiger partial charge >= 0.3 is 0 Å². The minimum Gasteiger partial charge on any atom is -0.258 e. The monoisotopic (exact) mass is 304 g/mol. The van der Waals surface area contributed by atoms with Gasteiger partial charge in [0, 0.05) is 12.1 Å². The van der Waals surface area contributed by atoms with Crippen LogP contribution in [0.25, 0.3) is 0 Å². The van der Waals surface area contributed by atoms with Gasteiger partial charge in [0.15, 0.2) is 5.82 Å². The molecule has 0 radical (unpaired) electrons. The first-order valence-corrected chi connectivity index (χ1v) is 7.45. The Balaban J connectivity index is 3.11. The Hall–Kier alpha value is -0.780. The van der Waals surface area contributed by atoms with Gasteiger partial charge in [-0.3, -0.25) is 10.1 Å². The molecule has 1 heterocycles. The molecule has 0 bridgehead atoms. The first-order valence-electron chi connectivity index (χ1n) is 5.86. The highest BCUT2D eigenvalue weighted by Gasteiger charge is 2.30. The van der Waals surface area contributed by atoms with Crippen molar-refractivity contribution in [1.29, 1.82) is 0 Å². The molecular formula is C13H18ClFN2OS. The predicted octanol–water partition coefficient (Wildman–Crippen LogP) is 3.32. The quantitative estimate of drug-likeness (QED) is 0.820. The summed E-state index contributed by atoms with van der Waals surface area (Å²) in [6.45, 7) is 7.22. The van der Waals surface area contributed by atoms with Gasteiger partial charge in [-0.25, -0.2) is 8.60 Å². The standard InChI is InChI=1S/C13H18ClFN2OS/c1-4-5-9(8-13(2,3)19(16)18)12-11(15)10(14)6-7-17-12/h4,6-7,9H,1,5,8,16H2,2-3H3/t9-,19?/m0/s1. The lowest BCUT2D eigenvalue weighted by molar-refractivity contribution is 0.486. The Morgan fingerprint density at radius 2 is 2.32 bits per heavy atom. The summed E-state index contributed by atoms with van der Waals surface area (Å²) < 4.78 is 24.9. The van der Waals surface area contributed by atoms with Crippen molar-refractivity contribution in [3.8, 4) is 0 Å². The van der Waals surface area contributed by atoms with Crippen LogP contribution >= 0.6 is 11.6 Å². The molecule has 6 heteroatoms. The number of halogens is 2. The summed E-state index contributed by atoms with van der Waals surface area (Å²) in [4.78, 5) is 4.05. The molecule has 0 saturated heterocycles. The maximum absolute atomic E-state index is 14.0. The Morgan fingerprint density at radius 1 is 1.68 bits per heavy atom. The van der Waals surface area contributed by atoms with Gasteiger partial charge in [0.1, 0.15) is 0 Å². The molecule has 1 unspecified atom stereocenters. The second-order valence-corrected chi connectivity index (χ2v) is 7.08. The highest BCUT2D eigenvalue weighted by Crippen LogP contribution is 2.33. The van der Waals surface area contributed by atoms with Gasteiger partial charge in [-0.1, -0.05) is 17.7 Å². The fourth-order valence-corrected chi connectivity index (χ4v) is 2.41. The summed E-state index contributed by atoms with van der Waals surface area (Å²) in [5.41, 5.74) is 0.269. The number of nitrogens with two attached hydrogens (primary N) is 1. The van der Waals surface area contributed by atoms with Crippen molar-refractivity contribution in [2.24, 2.45) is 5.14 Å². The zero-order valence-electron chi connectivity index (χ0n) is 11.0. The van der Waals surface area contributed by atoms with Crippen LogP contribution in [0.5, 0.6) is 0 Å². The van der Waals surface area contributed by atoms with E-state index in [9.17, 15) is 8.60 Å². The van der Waals surface area contributed by atoms with Crippen LogP contribution in [0.2, 0.25) is 5.02 Å². The summed E-state index contributed by atoms with van der Waals surface area (Å²) >= 11 is 5.77. The van der Waals surface area contributed by atoms with E-state index < -0.39 is 21.5 Å². The first kappa shape index (κ1) is 16.3. The molecule has 0 amide bonds. The van der Waals surface area contributed by atoms with Gasteiger partial charge in [-0.05, 0) is 32.8 Å². The molecule has 3 nitrogen and oxygen atoms in total. The van der Waals surface area contributed by atoms with Crippen molar-refractivity contribution in [2.75, 3.05) is 0 Å². The van der Waals surface area contributed by atoms with Crippen molar-refractivity contribution >= 4 is 22.6 Å². The lowest BCUT2D eigenvalue weighted by atomic mass is 9.90. The Bertz CT molecular complexity index is 494. The van der Waals surface area contributed by atoms with Crippen molar-refractivity contribution < 1.29 is 8.60 Å². The van der Waals surface area contributed by atoms with E-state index in [2.05, 4.69) is 11.6 Å². The number of nitrogens with zero attached hydrogens (tertiary/aromatic N) is 1. The van der Waals surface area contributed by atoms with Crippen LogP contribution in [0.1, 0.15) is 38.3 Å². The second kappa shape index (κ2) is 6.59. The number of hydrogen-bond acceptors (Lipinski definition) is 2. The molecule has 0 aromatic carbocycles. The average Bonchev–Trinajstić information content (AvgIpc) is 2.32. The molecule has 1 aromatic heterocycles. The van der Waals surface area contributed by atoms with Gasteiger partial charge in [-0.15, -0.1) is 6.58 Å². The Morgan fingerprint density at radius 3 is 2.84 bits per heavy atom. The normalized spacial score (nSPS) is 15.0. The summed E-state index contributed by atoms with van der Waals surface area (Å²) in [6.07, 6.45) is 4.10. The van der Waals surface area contributed by atoms with E-state index in [4.69, 9.17) is 16.7 Å². The van der Waals surface area contributed by atoms with Crippen LogP contribution in [0.3, 0.4) is 0 Å². The maximum atomic E-state index is 14.0. The molecule has 0 aliphatic carbocycles. The molecule has 1 rings (SSSR count). The topological polar surface area (TPSA) is 56.0 Å². The SMILES string of the molecule is C=CC[C@@H](CC(C)(C)S(N)=O)c1nccc(Cl)c1F. The number of rotatable bonds is 6. The Kier molecular flexibility index (Phi) is 5.64. The summed E-state index contributed by atoms with van der Waals surface area (Å²) in [7, 11) is -1.50. The largest absolute Gasteiger partial charge is 0.258 e. The third-order valence-corrected chi connectivity index (χ3v) is 4.54. The van der Waals surface area contributed by atoms with E-state index >= 15 is 0 Å². The molecule has 0 aliphatic rings. The zero-order chi connectivity index (χ0) is 14.6. The Labute approximate surface area is 120 Å². The third-order valence-electron chi connectivity index (χ3n) is 2.99. The smallest absolute Gasteiger partial charge is 0.163 e. The minimum absolute atomic E-state index is 0.0331. The van der Waals surface area contributed by atoms with Crippen molar-refractivity contribution in [1.82, 2.24) is 4.98 Å². The van der Waals surface area contributed by atoms with Crippen LogP contribution in [-0.4, -0.2) is 13.9 Å². The molecule has 2 atom stereocenters. The van der Waals surface area contributed by atoms with Gasteiger partial charge < -0.3 is 0 Å². The molecular weight excluding hydrogens is 287 g/mol. The van der Waals surface area contributed by atoms with Gasteiger partial charge in [0.25, 0.3) is 0 Å². The zero-order valence-corrected chi connectivity index (χ0v) is 12.6. The molecule has 0 aliphatic heterocycles. The van der Waals surface area contributed by atoms with E-state index in [1.807, 2.05) is 0 Å².